The molecule has 4 rings (SSSR count). The van der Waals surface area contributed by atoms with Crippen LogP contribution in [0.1, 0.15) is 64.9 Å². The van der Waals surface area contributed by atoms with Crippen LogP contribution in [-0.2, 0) is 22.4 Å². The summed E-state index contributed by atoms with van der Waals surface area (Å²) in [6, 6.07) is 7.61. The highest BCUT2D eigenvalue weighted by atomic mass is 32.1. The molecule has 0 unspecified atom stereocenters. The van der Waals surface area contributed by atoms with E-state index in [0.717, 1.165) is 60.2 Å². The SMILES string of the molecule is Cc1ccccc1NC(=O)c1c(NC(=O)[C@H]2CCCC[C@H]2C(=O)O)sc2c1CCCC2. The molecule has 0 saturated heterocycles. The van der Waals surface area contributed by atoms with Crippen molar-refractivity contribution in [3.8, 4) is 0 Å². The topological polar surface area (TPSA) is 95.5 Å². The van der Waals surface area contributed by atoms with Crippen LogP contribution in [0, 0.1) is 18.8 Å². The van der Waals surface area contributed by atoms with Crippen LogP contribution in [0.5, 0.6) is 0 Å². The number of anilines is 2. The number of aliphatic carboxylic acids is 1. The molecule has 3 N–H and O–H groups in total. The van der Waals surface area contributed by atoms with Gasteiger partial charge in [0.2, 0.25) is 5.91 Å². The predicted molar refractivity (Wildman–Crippen MR) is 122 cm³/mol. The molecule has 6 nitrogen and oxygen atoms in total. The Morgan fingerprint density at radius 3 is 2.42 bits per heavy atom. The molecular weight excluding hydrogens is 412 g/mol. The number of fused-ring (bicyclic) bond motifs is 1. The summed E-state index contributed by atoms with van der Waals surface area (Å²) >= 11 is 1.47. The number of para-hydroxylation sites is 1. The number of carboxylic acids is 1. The molecule has 7 heteroatoms. The number of carboxylic acid groups (broad SMARTS) is 1. The fourth-order valence-electron chi connectivity index (χ4n) is 4.74. The van der Waals surface area contributed by atoms with Gasteiger partial charge in [-0.1, -0.05) is 31.0 Å². The number of benzene rings is 1. The zero-order valence-corrected chi connectivity index (χ0v) is 18.5. The molecule has 31 heavy (non-hydrogen) atoms. The van der Waals surface area contributed by atoms with E-state index in [-0.39, 0.29) is 11.8 Å². The molecule has 2 atom stereocenters. The highest BCUT2D eigenvalue weighted by Crippen LogP contribution is 2.40. The Morgan fingerprint density at radius 1 is 0.968 bits per heavy atom. The fourth-order valence-corrected chi connectivity index (χ4v) is 6.03. The van der Waals surface area contributed by atoms with Crippen molar-refractivity contribution >= 4 is 39.8 Å². The van der Waals surface area contributed by atoms with Crippen LogP contribution in [0.25, 0.3) is 0 Å². The summed E-state index contributed by atoms with van der Waals surface area (Å²) in [5.74, 6) is -2.63. The van der Waals surface area contributed by atoms with E-state index < -0.39 is 17.8 Å². The maximum absolute atomic E-state index is 13.3. The van der Waals surface area contributed by atoms with E-state index in [1.807, 2.05) is 31.2 Å². The number of thiophene rings is 1. The Bertz CT molecular complexity index is 1010. The third-order valence-corrected chi connectivity index (χ3v) is 7.66. The summed E-state index contributed by atoms with van der Waals surface area (Å²) in [5.41, 5.74) is 3.28. The lowest BCUT2D eigenvalue weighted by Crippen LogP contribution is -2.36. The second kappa shape index (κ2) is 9.22. The van der Waals surface area contributed by atoms with Crippen LogP contribution in [0.2, 0.25) is 0 Å². The van der Waals surface area contributed by atoms with Gasteiger partial charge in [0.15, 0.2) is 0 Å². The van der Waals surface area contributed by atoms with E-state index in [2.05, 4.69) is 10.6 Å². The summed E-state index contributed by atoms with van der Waals surface area (Å²) in [6.45, 7) is 1.94. The molecule has 2 amide bonds. The van der Waals surface area contributed by atoms with Gasteiger partial charge in [-0.25, -0.2) is 0 Å². The smallest absolute Gasteiger partial charge is 0.307 e. The normalized spacial score (nSPS) is 20.5. The molecular formula is C24H28N2O4S. The number of carbonyl (C=O) groups is 3. The molecule has 1 saturated carbocycles. The van der Waals surface area contributed by atoms with Crippen LogP contribution in [-0.4, -0.2) is 22.9 Å². The molecule has 0 aliphatic heterocycles. The number of aryl methyl sites for hydroxylation is 2. The number of hydrogen-bond acceptors (Lipinski definition) is 4. The van der Waals surface area contributed by atoms with E-state index >= 15 is 0 Å². The van der Waals surface area contributed by atoms with Crippen molar-refractivity contribution in [3.63, 3.8) is 0 Å². The van der Waals surface area contributed by atoms with Crippen molar-refractivity contribution in [1.29, 1.82) is 0 Å². The lowest BCUT2D eigenvalue weighted by atomic mass is 9.78. The van der Waals surface area contributed by atoms with Gasteiger partial charge in [0.1, 0.15) is 5.00 Å². The standard InChI is InChI=1S/C24H28N2O4S/c1-14-8-2-6-12-18(14)25-22(28)20-17-11-5-7-13-19(17)31-23(20)26-21(27)15-9-3-4-10-16(15)24(29)30/h2,6,8,12,15-16H,3-5,7,9-11,13H2,1H3,(H,25,28)(H,26,27)(H,29,30)/t15-,16+/m0/s1. The summed E-state index contributed by atoms with van der Waals surface area (Å²) < 4.78 is 0. The first-order valence-electron chi connectivity index (χ1n) is 11.0. The van der Waals surface area contributed by atoms with Crippen LogP contribution in [0.4, 0.5) is 10.7 Å². The first kappa shape index (κ1) is 21.6. The number of hydrogen-bond donors (Lipinski definition) is 3. The predicted octanol–water partition coefficient (Wildman–Crippen LogP) is 5.02. The van der Waals surface area contributed by atoms with Crippen molar-refractivity contribution in [1.82, 2.24) is 0 Å². The summed E-state index contributed by atoms with van der Waals surface area (Å²) in [6.07, 6.45) is 6.59. The Hall–Kier alpha value is -2.67. The van der Waals surface area contributed by atoms with Crippen molar-refractivity contribution < 1.29 is 19.5 Å². The van der Waals surface area contributed by atoms with Crippen LogP contribution < -0.4 is 10.6 Å². The van der Waals surface area contributed by atoms with Crippen molar-refractivity contribution in [2.24, 2.45) is 11.8 Å². The molecule has 1 aromatic carbocycles. The van der Waals surface area contributed by atoms with E-state index in [0.29, 0.717) is 23.4 Å². The third-order valence-electron chi connectivity index (χ3n) is 6.45. The maximum Gasteiger partial charge on any atom is 0.307 e. The van der Waals surface area contributed by atoms with Crippen molar-refractivity contribution in [2.45, 2.75) is 58.3 Å². The Labute approximate surface area is 186 Å². The van der Waals surface area contributed by atoms with E-state index in [1.54, 1.807) is 0 Å². The van der Waals surface area contributed by atoms with Gasteiger partial charge in [0.05, 0.1) is 17.4 Å². The Morgan fingerprint density at radius 2 is 1.68 bits per heavy atom. The number of rotatable bonds is 5. The first-order valence-corrected chi connectivity index (χ1v) is 11.8. The van der Waals surface area contributed by atoms with E-state index in [9.17, 15) is 19.5 Å². The molecule has 2 aliphatic rings. The maximum atomic E-state index is 13.3. The largest absolute Gasteiger partial charge is 0.481 e. The Balaban J connectivity index is 1.62. The quantitative estimate of drug-likeness (QED) is 0.608. The van der Waals surface area contributed by atoms with Gasteiger partial charge in [-0.15, -0.1) is 11.3 Å². The number of nitrogens with one attached hydrogen (secondary N) is 2. The molecule has 0 bridgehead atoms. The molecule has 1 fully saturated rings. The minimum absolute atomic E-state index is 0.220. The molecule has 0 radical (unpaired) electrons. The lowest BCUT2D eigenvalue weighted by Gasteiger charge is -2.27. The third kappa shape index (κ3) is 4.51. The van der Waals surface area contributed by atoms with E-state index in [1.165, 1.54) is 11.3 Å². The second-order valence-corrected chi connectivity index (χ2v) is 9.61. The minimum Gasteiger partial charge on any atom is -0.481 e. The molecule has 1 heterocycles. The van der Waals surface area contributed by atoms with Gasteiger partial charge in [0, 0.05) is 10.6 Å². The average Bonchev–Trinajstić information content (AvgIpc) is 3.13. The van der Waals surface area contributed by atoms with Crippen molar-refractivity contribution in [3.05, 3.63) is 45.8 Å². The Kier molecular flexibility index (Phi) is 6.41. The summed E-state index contributed by atoms with van der Waals surface area (Å²) in [7, 11) is 0. The minimum atomic E-state index is -0.914. The lowest BCUT2D eigenvalue weighted by molar-refractivity contribution is -0.147. The van der Waals surface area contributed by atoms with Crippen molar-refractivity contribution in [2.75, 3.05) is 10.6 Å². The summed E-state index contributed by atoms with van der Waals surface area (Å²) in [4.78, 5) is 39.2. The van der Waals surface area contributed by atoms with Gasteiger partial charge in [0.25, 0.3) is 5.91 Å². The van der Waals surface area contributed by atoms with E-state index in [4.69, 9.17) is 0 Å². The zero-order chi connectivity index (χ0) is 22.0. The van der Waals surface area contributed by atoms with Gasteiger partial charge in [-0.05, 0) is 62.6 Å². The van der Waals surface area contributed by atoms with Gasteiger partial charge in [-0.3, -0.25) is 14.4 Å². The summed E-state index contributed by atoms with van der Waals surface area (Å²) in [5, 5.41) is 16.1. The van der Waals surface area contributed by atoms with Crippen LogP contribution in [0.15, 0.2) is 24.3 Å². The number of amides is 2. The molecule has 0 spiro atoms. The average molecular weight is 441 g/mol. The van der Waals surface area contributed by atoms with Gasteiger partial charge < -0.3 is 15.7 Å². The molecule has 2 aromatic rings. The molecule has 164 valence electrons. The second-order valence-electron chi connectivity index (χ2n) is 8.51. The van der Waals surface area contributed by atoms with Crippen LogP contribution >= 0.6 is 11.3 Å². The zero-order valence-electron chi connectivity index (χ0n) is 17.7. The fraction of sp³-hybridized carbons (Fsp3) is 0.458. The highest BCUT2D eigenvalue weighted by Gasteiger charge is 2.37. The monoisotopic (exact) mass is 440 g/mol. The van der Waals surface area contributed by atoms with Gasteiger partial charge in [-0.2, -0.15) is 0 Å². The van der Waals surface area contributed by atoms with Crippen LogP contribution in [0.3, 0.4) is 0 Å². The molecule has 2 aliphatic carbocycles. The number of carbonyl (C=O) groups excluding carboxylic acids is 2. The van der Waals surface area contributed by atoms with Gasteiger partial charge >= 0.3 is 5.97 Å². The first-order chi connectivity index (χ1) is 15.0. The molecule has 1 aromatic heterocycles. The highest BCUT2D eigenvalue weighted by molar-refractivity contribution is 7.17.